The van der Waals surface area contributed by atoms with E-state index < -0.39 is 0 Å². The van der Waals surface area contributed by atoms with Gasteiger partial charge in [-0.15, -0.1) is 0 Å². The summed E-state index contributed by atoms with van der Waals surface area (Å²) in [7, 11) is 0. The highest BCUT2D eigenvalue weighted by Gasteiger charge is 2.18. The average Bonchev–Trinajstić information content (AvgIpc) is 3.47. The van der Waals surface area contributed by atoms with Gasteiger partial charge in [-0.25, -0.2) is 15.0 Å². The van der Waals surface area contributed by atoms with Crippen LogP contribution in [-0.4, -0.2) is 15.0 Å². The first-order valence-electron chi connectivity index (χ1n) is 14.3. The van der Waals surface area contributed by atoms with Crippen molar-refractivity contribution in [1.82, 2.24) is 15.0 Å². The van der Waals surface area contributed by atoms with Crippen LogP contribution in [0.15, 0.2) is 156 Å². The molecular weight excluding hydrogens is 526 g/mol. The Morgan fingerprint density at radius 2 is 0.884 bits per heavy atom. The highest BCUT2D eigenvalue weighted by molar-refractivity contribution is 6.09. The van der Waals surface area contributed by atoms with E-state index in [9.17, 15) is 0 Å². The highest BCUT2D eigenvalue weighted by Crippen LogP contribution is 2.37. The molecule has 0 N–H and O–H groups in total. The van der Waals surface area contributed by atoms with E-state index in [0.717, 1.165) is 60.9 Å². The van der Waals surface area contributed by atoms with Crippen LogP contribution in [0.1, 0.15) is 0 Å². The molecule has 0 aliphatic heterocycles. The molecule has 0 atom stereocenters. The summed E-state index contributed by atoms with van der Waals surface area (Å²) in [5.74, 6) is 1.80. The zero-order valence-corrected chi connectivity index (χ0v) is 23.2. The van der Waals surface area contributed by atoms with Gasteiger partial charge in [-0.3, -0.25) is 0 Å². The van der Waals surface area contributed by atoms with E-state index >= 15 is 0 Å². The molecule has 6 aromatic carbocycles. The molecule has 202 valence electrons. The smallest absolute Gasteiger partial charge is 0.167 e. The zero-order chi connectivity index (χ0) is 28.6. The van der Waals surface area contributed by atoms with Crippen LogP contribution in [0.3, 0.4) is 0 Å². The van der Waals surface area contributed by atoms with E-state index in [1.807, 2.05) is 78.9 Å². The van der Waals surface area contributed by atoms with E-state index in [1.54, 1.807) is 0 Å². The van der Waals surface area contributed by atoms with Gasteiger partial charge in [0.2, 0.25) is 0 Å². The maximum Gasteiger partial charge on any atom is 0.167 e. The first kappa shape index (κ1) is 24.9. The van der Waals surface area contributed by atoms with Crippen LogP contribution in [0.2, 0.25) is 0 Å². The Morgan fingerprint density at radius 1 is 0.349 bits per heavy atom. The van der Waals surface area contributed by atoms with E-state index in [1.165, 1.54) is 0 Å². The lowest BCUT2D eigenvalue weighted by atomic mass is 10.0. The molecule has 2 heterocycles. The van der Waals surface area contributed by atoms with Crippen molar-refractivity contribution < 1.29 is 4.42 Å². The van der Waals surface area contributed by atoms with Crippen LogP contribution >= 0.6 is 0 Å². The second-order valence-corrected chi connectivity index (χ2v) is 10.5. The van der Waals surface area contributed by atoms with Crippen LogP contribution in [0.5, 0.6) is 0 Å². The monoisotopic (exact) mass is 551 g/mol. The van der Waals surface area contributed by atoms with Crippen molar-refractivity contribution in [3.05, 3.63) is 152 Å². The summed E-state index contributed by atoms with van der Waals surface area (Å²) in [5.41, 5.74) is 8.78. The van der Waals surface area contributed by atoms with Crippen molar-refractivity contribution in [2.75, 3.05) is 0 Å². The molecule has 0 saturated heterocycles. The van der Waals surface area contributed by atoms with Gasteiger partial charge < -0.3 is 4.42 Å². The van der Waals surface area contributed by atoms with Crippen molar-refractivity contribution >= 4 is 21.9 Å². The van der Waals surface area contributed by atoms with Crippen LogP contribution < -0.4 is 0 Å². The first-order chi connectivity index (χ1) is 21.3. The molecule has 8 aromatic rings. The summed E-state index contributed by atoms with van der Waals surface area (Å²) in [5, 5.41) is 2.09. The molecule has 0 spiro atoms. The van der Waals surface area contributed by atoms with Crippen molar-refractivity contribution in [3.8, 4) is 56.4 Å². The number of aromatic nitrogens is 3. The molecule has 8 rings (SSSR count). The summed E-state index contributed by atoms with van der Waals surface area (Å²) >= 11 is 0. The van der Waals surface area contributed by atoms with Gasteiger partial charge in [0.1, 0.15) is 11.2 Å². The van der Waals surface area contributed by atoms with Gasteiger partial charge in [0.15, 0.2) is 17.5 Å². The number of para-hydroxylation sites is 1. The molecule has 0 unspecified atom stereocenters. The number of hydrogen-bond acceptors (Lipinski definition) is 4. The number of fused-ring (bicyclic) bond motifs is 3. The fourth-order valence-electron chi connectivity index (χ4n) is 5.59. The largest absolute Gasteiger partial charge is 0.455 e. The van der Waals surface area contributed by atoms with Crippen molar-refractivity contribution in [2.45, 2.75) is 0 Å². The lowest BCUT2D eigenvalue weighted by Gasteiger charge is -2.10. The third kappa shape index (κ3) is 4.65. The van der Waals surface area contributed by atoms with Gasteiger partial charge in [-0.05, 0) is 46.5 Å². The van der Waals surface area contributed by atoms with E-state index in [0.29, 0.717) is 17.5 Å². The van der Waals surface area contributed by atoms with Crippen LogP contribution in [0, 0.1) is 0 Å². The molecule has 0 saturated carbocycles. The minimum atomic E-state index is 0.571. The van der Waals surface area contributed by atoms with Crippen molar-refractivity contribution in [1.29, 1.82) is 0 Å². The molecule has 43 heavy (non-hydrogen) atoms. The van der Waals surface area contributed by atoms with Gasteiger partial charge >= 0.3 is 0 Å². The van der Waals surface area contributed by atoms with Crippen LogP contribution in [-0.2, 0) is 0 Å². The zero-order valence-electron chi connectivity index (χ0n) is 23.2. The normalized spacial score (nSPS) is 11.3. The Hall–Kier alpha value is -5.87. The first-order valence-corrected chi connectivity index (χ1v) is 14.3. The Kier molecular flexibility index (Phi) is 6.08. The van der Waals surface area contributed by atoms with E-state index in [2.05, 4.69) is 72.8 Å². The summed E-state index contributed by atoms with van der Waals surface area (Å²) in [6.07, 6.45) is 0. The van der Waals surface area contributed by atoms with Crippen molar-refractivity contribution in [2.24, 2.45) is 0 Å². The molecule has 0 aliphatic rings. The predicted octanol–water partition coefficient (Wildman–Crippen LogP) is 10.1. The summed E-state index contributed by atoms with van der Waals surface area (Å²) in [6.45, 7) is 0. The van der Waals surface area contributed by atoms with Gasteiger partial charge in [0, 0.05) is 21.9 Å². The molecular formula is C39H25N3O. The molecule has 0 amide bonds. The van der Waals surface area contributed by atoms with Gasteiger partial charge in [0.25, 0.3) is 0 Å². The van der Waals surface area contributed by atoms with Crippen LogP contribution in [0.25, 0.3) is 78.4 Å². The number of furan rings is 1. The highest BCUT2D eigenvalue weighted by atomic mass is 16.3. The minimum absolute atomic E-state index is 0.571. The Morgan fingerprint density at radius 3 is 1.58 bits per heavy atom. The maximum absolute atomic E-state index is 6.57. The molecule has 4 nitrogen and oxygen atoms in total. The molecule has 0 radical (unpaired) electrons. The van der Waals surface area contributed by atoms with Crippen LogP contribution in [0.4, 0.5) is 0 Å². The molecule has 2 aromatic heterocycles. The number of hydrogen-bond donors (Lipinski definition) is 0. The number of rotatable bonds is 5. The maximum atomic E-state index is 6.57. The topological polar surface area (TPSA) is 51.8 Å². The standard InChI is InChI=1S/C39H25N3O/c1-4-12-26(13-5-1)29-18-10-19-31(24-29)38-40-37(28-16-8-3-9-17-28)41-39(42-38)34-21-11-20-33-32-23-22-30(25-35(32)43-36(33)34)27-14-6-2-7-15-27/h1-25H. The fraction of sp³-hybridized carbons (Fsp3) is 0. The van der Waals surface area contributed by atoms with Crippen molar-refractivity contribution in [3.63, 3.8) is 0 Å². The molecule has 0 bridgehead atoms. The molecule has 0 aliphatic carbocycles. The third-order valence-electron chi connectivity index (χ3n) is 7.74. The quantitative estimate of drug-likeness (QED) is 0.214. The third-order valence-corrected chi connectivity index (χ3v) is 7.74. The lowest BCUT2D eigenvalue weighted by Crippen LogP contribution is -2.00. The Labute approximate surface area is 249 Å². The number of benzene rings is 6. The van der Waals surface area contributed by atoms with Gasteiger partial charge in [0.05, 0.1) is 5.56 Å². The Balaban J connectivity index is 1.31. The molecule has 4 heteroatoms. The summed E-state index contributed by atoms with van der Waals surface area (Å²) in [4.78, 5) is 15.0. The number of nitrogens with zero attached hydrogens (tertiary/aromatic N) is 3. The average molecular weight is 552 g/mol. The van der Waals surface area contributed by atoms with Gasteiger partial charge in [-0.2, -0.15) is 0 Å². The SMILES string of the molecule is c1ccc(-c2cccc(-c3nc(-c4ccccc4)nc(-c4cccc5c4oc4cc(-c6ccccc6)ccc45)n3)c2)cc1. The minimum Gasteiger partial charge on any atom is -0.455 e. The summed E-state index contributed by atoms with van der Waals surface area (Å²) < 4.78 is 6.57. The van der Waals surface area contributed by atoms with E-state index in [-0.39, 0.29) is 0 Å². The fourth-order valence-corrected chi connectivity index (χ4v) is 5.59. The molecule has 0 fully saturated rings. The van der Waals surface area contributed by atoms with Gasteiger partial charge in [-0.1, -0.05) is 127 Å². The second kappa shape index (κ2) is 10.5. The lowest BCUT2D eigenvalue weighted by molar-refractivity contribution is 0.669. The van der Waals surface area contributed by atoms with E-state index in [4.69, 9.17) is 19.4 Å². The Bertz CT molecular complexity index is 2220. The summed E-state index contributed by atoms with van der Waals surface area (Å²) in [6, 6.07) is 51.6. The predicted molar refractivity (Wildman–Crippen MR) is 174 cm³/mol. The second-order valence-electron chi connectivity index (χ2n) is 10.5.